The quantitative estimate of drug-likeness (QED) is 0.146. The first kappa shape index (κ1) is 31.9. The number of hydrogen-bond acceptors (Lipinski definition) is 13. The van der Waals surface area contributed by atoms with Gasteiger partial charge in [-0.3, -0.25) is 18.9 Å². The van der Waals surface area contributed by atoms with Crippen LogP contribution in [0.4, 0.5) is 9.59 Å². The Balaban J connectivity index is 2.86. The lowest BCUT2D eigenvalue weighted by atomic mass is 10.1. The van der Waals surface area contributed by atoms with E-state index in [1.54, 1.807) is 27.7 Å². The van der Waals surface area contributed by atoms with Gasteiger partial charge < -0.3 is 23.7 Å². The third kappa shape index (κ3) is 12.6. The minimum atomic E-state index is -4.52. The van der Waals surface area contributed by atoms with E-state index in [9.17, 15) is 23.7 Å². The first-order valence-corrected chi connectivity index (χ1v) is 12.4. The molecule has 1 unspecified atom stereocenters. The van der Waals surface area contributed by atoms with E-state index in [4.69, 9.17) is 34.2 Å². The van der Waals surface area contributed by atoms with Crippen LogP contribution in [0.25, 0.3) is 0 Å². The summed E-state index contributed by atoms with van der Waals surface area (Å²) in [5.41, 5.74) is -1.34. The van der Waals surface area contributed by atoms with Gasteiger partial charge in [0.2, 0.25) is 13.6 Å². The minimum Gasteiger partial charge on any atom is -0.432 e. The molecule has 1 heterocycles. The van der Waals surface area contributed by atoms with Crippen molar-refractivity contribution in [2.24, 2.45) is 0 Å². The van der Waals surface area contributed by atoms with Crippen molar-refractivity contribution in [2.75, 3.05) is 27.3 Å². The van der Waals surface area contributed by atoms with E-state index in [-0.39, 0.29) is 6.42 Å². The molecule has 2 atom stereocenters. The van der Waals surface area contributed by atoms with Crippen molar-refractivity contribution < 1.29 is 51.4 Å². The van der Waals surface area contributed by atoms with Gasteiger partial charge in [-0.2, -0.15) is 0 Å². The molecule has 37 heavy (non-hydrogen) atoms. The molecule has 0 amide bonds. The van der Waals surface area contributed by atoms with Crippen LogP contribution >= 0.6 is 7.82 Å². The Bertz CT molecular complexity index is 1040. The number of ether oxygens (including phenoxy) is 5. The second-order valence-corrected chi connectivity index (χ2v) is 9.32. The first-order valence-electron chi connectivity index (χ1n) is 10.9. The summed E-state index contributed by atoms with van der Waals surface area (Å²) >= 11 is 0. The van der Waals surface area contributed by atoms with Gasteiger partial charge in [0.25, 0.3) is 5.56 Å². The number of hydrogen-bond donors (Lipinski definition) is 1. The maximum Gasteiger partial charge on any atom is 0.510 e. The Kier molecular flexibility index (Phi) is 13.7. The molecular formula is C21H31N2O13P. The van der Waals surface area contributed by atoms with Gasteiger partial charge in [-0.05, 0) is 27.7 Å². The third-order valence-electron chi connectivity index (χ3n) is 4.06. The van der Waals surface area contributed by atoms with Crippen LogP contribution in [0.3, 0.4) is 0 Å². The van der Waals surface area contributed by atoms with Crippen LogP contribution in [-0.4, -0.2) is 67.5 Å². The lowest BCUT2D eigenvalue weighted by Gasteiger charge is -2.23. The van der Waals surface area contributed by atoms with Crippen molar-refractivity contribution >= 4 is 20.1 Å². The number of phosphoric ester groups is 1. The van der Waals surface area contributed by atoms with Gasteiger partial charge in [0.15, 0.2) is 0 Å². The number of carbonyl (C=O) groups is 2. The highest BCUT2D eigenvalue weighted by molar-refractivity contribution is 7.48. The molecule has 1 aromatic heterocycles. The fraction of sp³-hybridized carbons (Fsp3) is 0.619. The smallest absolute Gasteiger partial charge is 0.432 e. The second kappa shape index (κ2) is 15.9. The summed E-state index contributed by atoms with van der Waals surface area (Å²) in [5.74, 6) is 2.40. The number of phosphoric acid groups is 1. The summed E-state index contributed by atoms with van der Waals surface area (Å²) in [7, 11) is -3.21. The Morgan fingerprint density at radius 3 is 2.00 bits per heavy atom. The van der Waals surface area contributed by atoms with Gasteiger partial charge in [0.05, 0.1) is 24.9 Å². The third-order valence-corrected chi connectivity index (χ3v) is 5.36. The molecule has 1 aromatic rings. The average Bonchev–Trinajstić information content (AvgIpc) is 2.79. The molecule has 0 aliphatic carbocycles. The van der Waals surface area contributed by atoms with Crippen molar-refractivity contribution in [3.8, 4) is 12.3 Å². The molecule has 0 fully saturated rings. The normalized spacial score (nSPS) is 13.0. The summed E-state index contributed by atoms with van der Waals surface area (Å²) in [6.45, 7) is 4.11. The molecule has 0 spiro atoms. The fourth-order valence-corrected chi connectivity index (χ4v) is 3.37. The van der Waals surface area contributed by atoms with Gasteiger partial charge in [-0.25, -0.2) is 28.0 Å². The first-order chi connectivity index (χ1) is 17.4. The average molecular weight is 550 g/mol. The van der Waals surface area contributed by atoms with Crippen molar-refractivity contribution in [3.05, 3.63) is 33.1 Å². The summed E-state index contributed by atoms with van der Waals surface area (Å²) < 4.78 is 53.4. The van der Waals surface area contributed by atoms with Gasteiger partial charge in [0.1, 0.15) is 6.04 Å². The molecule has 0 aromatic carbocycles. The largest absolute Gasteiger partial charge is 0.510 e. The molecular weight excluding hydrogens is 519 g/mol. The van der Waals surface area contributed by atoms with E-state index in [0.29, 0.717) is 0 Å². The number of carbonyl (C=O) groups excluding carboxylic acids is 2. The van der Waals surface area contributed by atoms with E-state index in [0.717, 1.165) is 10.6 Å². The number of methoxy groups -OCH3 is 1. The topological polar surface area (TPSA) is 180 Å². The van der Waals surface area contributed by atoms with Crippen LogP contribution in [0.1, 0.15) is 40.2 Å². The molecule has 1 N–H and O–H groups in total. The molecule has 0 saturated heterocycles. The molecule has 16 heteroatoms. The van der Waals surface area contributed by atoms with Crippen molar-refractivity contribution in [2.45, 2.75) is 58.5 Å². The number of rotatable bonds is 15. The molecule has 0 aliphatic heterocycles. The number of aromatic amines is 1. The molecule has 0 radical (unpaired) electrons. The molecule has 15 nitrogen and oxygen atoms in total. The molecule has 0 saturated carbocycles. The maximum atomic E-state index is 13.0. The lowest BCUT2D eigenvalue weighted by Crippen LogP contribution is -2.33. The summed E-state index contributed by atoms with van der Waals surface area (Å²) in [4.78, 5) is 48.5. The summed E-state index contributed by atoms with van der Waals surface area (Å²) in [6, 6.07) is 0.247. The number of nitrogens with one attached hydrogen (secondary N) is 1. The molecule has 0 aliphatic rings. The Morgan fingerprint density at radius 2 is 1.57 bits per heavy atom. The highest BCUT2D eigenvalue weighted by Gasteiger charge is 2.31. The minimum absolute atomic E-state index is 0.0205. The predicted molar refractivity (Wildman–Crippen MR) is 125 cm³/mol. The van der Waals surface area contributed by atoms with Gasteiger partial charge in [-0.15, -0.1) is 6.42 Å². The molecule has 0 bridgehead atoms. The highest BCUT2D eigenvalue weighted by Crippen LogP contribution is 2.49. The Labute approximate surface area is 212 Å². The van der Waals surface area contributed by atoms with E-state index in [1.165, 1.54) is 13.3 Å². The monoisotopic (exact) mass is 550 g/mol. The van der Waals surface area contributed by atoms with Crippen LogP contribution in [0, 0.1) is 12.3 Å². The highest BCUT2D eigenvalue weighted by atomic mass is 31.2. The van der Waals surface area contributed by atoms with E-state index >= 15 is 0 Å². The summed E-state index contributed by atoms with van der Waals surface area (Å²) in [6.07, 6.45) is 2.71. The van der Waals surface area contributed by atoms with Crippen molar-refractivity contribution in [3.63, 3.8) is 0 Å². The Morgan fingerprint density at radius 1 is 1.03 bits per heavy atom. The van der Waals surface area contributed by atoms with E-state index in [1.807, 2.05) is 0 Å². The SMILES string of the molecule is C#C[C@@H](CC(COP(=O)(OCOC(=O)OC(C)C)OCOC(=O)OC(C)C)OC)n1ccc(=O)[nH]c1=O. The number of terminal acetylenes is 1. The van der Waals surface area contributed by atoms with Crippen LogP contribution < -0.4 is 11.2 Å². The number of aromatic nitrogens is 2. The second-order valence-electron chi connectivity index (χ2n) is 7.65. The van der Waals surface area contributed by atoms with Gasteiger partial charge in [0, 0.05) is 25.8 Å². The molecule has 208 valence electrons. The predicted octanol–water partition coefficient (Wildman–Crippen LogP) is 2.31. The fourth-order valence-electron chi connectivity index (χ4n) is 2.43. The van der Waals surface area contributed by atoms with Crippen molar-refractivity contribution in [1.29, 1.82) is 0 Å². The van der Waals surface area contributed by atoms with Crippen LogP contribution in [-0.2, 0) is 41.8 Å². The Hall–Kier alpha value is -3.15. The zero-order valence-electron chi connectivity index (χ0n) is 21.1. The number of H-pyrrole nitrogens is 1. The lowest BCUT2D eigenvalue weighted by molar-refractivity contribution is -0.0520. The maximum absolute atomic E-state index is 13.0. The zero-order valence-corrected chi connectivity index (χ0v) is 22.0. The van der Waals surface area contributed by atoms with Gasteiger partial charge in [-0.1, -0.05) is 5.92 Å². The summed E-state index contributed by atoms with van der Waals surface area (Å²) in [5, 5.41) is 0. The van der Waals surface area contributed by atoms with E-state index in [2.05, 4.69) is 20.4 Å². The zero-order chi connectivity index (χ0) is 28.0. The van der Waals surface area contributed by atoms with Crippen LogP contribution in [0.2, 0.25) is 0 Å². The van der Waals surface area contributed by atoms with E-state index < -0.39 is 75.9 Å². The number of nitrogens with zero attached hydrogens (tertiary/aromatic N) is 1. The van der Waals surface area contributed by atoms with Crippen LogP contribution in [0.15, 0.2) is 21.9 Å². The standard InChI is InChI=1S/C21H31N2O13P/c1-7-16(23-9-8-18(24)22-19(23)25)10-17(29-6)11-32-37(28,33-12-30-20(26)35-14(2)3)34-13-31-21(27)36-15(4)5/h1,8-9,14-17H,10-13H2,2-6H3,(H,22,24,25)/t16-,17?/m0/s1. The van der Waals surface area contributed by atoms with Crippen molar-refractivity contribution in [1.82, 2.24) is 9.55 Å². The molecule has 1 rings (SSSR count). The van der Waals surface area contributed by atoms with Gasteiger partial charge >= 0.3 is 25.8 Å². The van der Waals surface area contributed by atoms with Crippen LogP contribution in [0.5, 0.6) is 0 Å².